The van der Waals surface area contributed by atoms with Crippen molar-refractivity contribution in [3.05, 3.63) is 0 Å². The molecule has 1 fully saturated rings. The molecule has 0 saturated carbocycles. The summed E-state index contributed by atoms with van der Waals surface area (Å²) >= 11 is 0. The molecule has 1 aliphatic rings. The van der Waals surface area contributed by atoms with E-state index in [1.54, 1.807) is 0 Å². The van der Waals surface area contributed by atoms with E-state index in [1.807, 2.05) is 0 Å². The van der Waals surface area contributed by atoms with Crippen LogP contribution in [-0.2, 0) is 0 Å². The second-order valence-corrected chi connectivity index (χ2v) is 3.18. The maximum absolute atomic E-state index is 3.30. The molecule has 1 nitrogen and oxygen atoms in total. The predicted molar refractivity (Wildman–Crippen MR) is 40.4 cm³/mol. The van der Waals surface area contributed by atoms with E-state index in [9.17, 15) is 0 Å². The van der Waals surface area contributed by atoms with Crippen molar-refractivity contribution in [3.63, 3.8) is 0 Å². The Balaban J connectivity index is 2.08. The van der Waals surface area contributed by atoms with Gasteiger partial charge in [0, 0.05) is 0 Å². The van der Waals surface area contributed by atoms with Crippen molar-refractivity contribution in [2.45, 2.75) is 26.7 Å². The fourth-order valence-corrected chi connectivity index (χ4v) is 1.40. The maximum atomic E-state index is 3.30. The highest BCUT2D eigenvalue weighted by atomic mass is 14.9. The normalized spacial score (nSPS) is 23.3. The van der Waals surface area contributed by atoms with Crippen molar-refractivity contribution >= 4 is 0 Å². The zero-order valence-corrected chi connectivity index (χ0v) is 6.48. The lowest BCUT2D eigenvalue weighted by Gasteiger charge is -2.32. The smallest absolute Gasteiger partial charge is 0.000570 e. The van der Waals surface area contributed by atoms with Crippen molar-refractivity contribution in [1.29, 1.82) is 0 Å². The Kier molecular flexibility index (Phi) is 2.52. The summed E-state index contributed by atoms with van der Waals surface area (Å²) in [6.45, 7) is 7.17. The number of hydrogen-bond donors (Lipinski definition) is 1. The van der Waals surface area contributed by atoms with Crippen LogP contribution in [0.4, 0.5) is 0 Å². The van der Waals surface area contributed by atoms with Crippen LogP contribution in [0, 0.1) is 11.8 Å². The lowest BCUT2D eigenvalue weighted by molar-refractivity contribution is 0.237. The minimum absolute atomic E-state index is 0.955. The molecular formula is C8H17N. The van der Waals surface area contributed by atoms with Gasteiger partial charge in [-0.15, -0.1) is 0 Å². The second kappa shape index (κ2) is 3.21. The van der Waals surface area contributed by atoms with Crippen LogP contribution in [0.25, 0.3) is 0 Å². The summed E-state index contributed by atoms with van der Waals surface area (Å²) in [5, 5.41) is 3.30. The molecule has 1 N–H and O–H groups in total. The molecule has 0 radical (unpaired) electrons. The quantitative estimate of drug-likeness (QED) is 0.607. The molecule has 0 spiro atoms. The van der Waals surface area contributed by atoms with E-state index >= 15 is 0 Å². The molecule has 1 rings (SSSR count). The van der Waals surface area contributed by atoms with Gasteiger partial charge < -0.3 is 5.32 Å². The van der Waals surface area contributed by atoms with Crippen LogP contribution < -0.4 is 5.32 Å². The van der Waals surface area contributed by atoms with Crippen molar-refractivity contribution in [3.8, 4) is 0 Å². The van der Waals surface area contributed by atoms with Gasteiger partial charge in [0.25, 0.3) is 0 Å². The van der Waals surface area contributed by atoms with E-state index < -0.39 is 0 Å². The number of hydrogen-bond acceptors (Lipinski definition) is 1. The largest absolute Gasteiger partial charge is 0.316 e. The zero-order chi connectivity index (χ0) is 6.69. The van der Waals surface area contributed by atoms with Crippen LogP contribution in [-0.4, -0.2) is 13.1 Å². The van der Waals surface area contributed by atoms with E-state index in [0.717, 1.165) is 11.8 Å². The fourth-order valence-electron chi connectivity index (χ4n) is 1.40. The van der Waals surface area contributed by atoms with Crippen LogP contribution in [0.5, 0.6) is 0 Å². The van der Waals surface area contributed by atoms with Crippen molar-refractivity contribution in [2.24, 2.45) is 11.8 Å². The van der Waals surface area contributed by atoms with Crippen molar-refractivity contribution in [2.75, 3.05) is 13.1 Å². The second-order valence-electron chi connectivity index (χ2n) is 3.18. The lowest BCUT2D eigenvalue weighted by Crippen LogP contribution is -2.45. The summed E-state index contributed by atoms with van der Waals surface area (Å²) in [6.07, 6.45) is 2.75. The van der Waals surface area contributed by atoms with Crippen LogP contribution >= 0.6 is 0 Å². The first kappa shape index (κ1) is 7.07. The molecule has 0 amide bonds. The van der Waals surface area contributed by atoms with Gasteiger partial charge >= 0.3 is 0 Å². The summed E-state index contributed by atoms with van der Waals surface area (Å²) in [5.74, 6) is 1.95. The van der Waals surface area contributed by atoms with E-state index in [-0.39, 0.29) is 0 Å². The first-order chi connectivity index (χ1) is 4.34. The SMILES string of the molecule is CCCC(C)C1CNC1. The Morgan fingerprint density at radius 2 is 2.22 bits per heavy atom. The summed E-state index contributed by atoms with van der Waals surface area (Å²) in [6, 6.07) is 0. The van der Waals surface area contributed by atoms with Crippen molar-refractivity contribution in [1.82, 2.24) is 5.32 Å². The van der Waals surface area contributed by atoms with E-state index in [2.05, 4.69) is 19.2 Å². The molecule has 9 heavy (non-hydrogen) atoms. The maximum Gasteiger partial charge on any atom is -0.000570 e. The summed E-state index contributed by atoms with van der Waals surface area (Å²) in [7, 11) is 0. The first-order valence-electron chi connectivity index (χ1n) is 4.05. The molecule has 1 heteroatoms. The Morgan fingerprint density at radius 1 is 1.56 bits per heavy atom. The fraction of sp³-hybridized carbons (Fsp3) is 1.00. The minimum atomic E-state index is 0.955. The summed E-state index contributed by atoms with van der Waals surface area (Å²) in [4.78, 5) is 0. The van der Waals surface area contributed by atoms with Crippen LogP contribution in [0.1, 0.15) is 26.7 Å². The van der Waals surface area contributed by atoms with Crippen molar-refractivity contribution < 1.29 is 0 Å². The monoisotopic (exact) mass is 127 g/mol. The Hall–Kier alpha value is -0.0400. The molecule has 0 aromatic carbocycles. The van der Waals surface area contributed by atoms with Gasteiger partial charge in [0.15, 0.2) is 0 Å². The molecule has 0 bridgehead atoms. The lowest BCUT2D eigenvalue weighted by atomic mass is 9.86. The van der Waals surface area contributed by atoms with Gasteiger partial charge in [-0.05, 0) is 24.9 Å². The van der Waals surface area contributed by atoms with Gasteiger partial charge in [-0.3, -0.25) is 0 Å². The van der Waals surface area contributed by atoms with Crippen LogP contribution in [0.15, 0.2) is 0 Å². The zero-order valence-electron chi connectivity index (χ0n) is 6.48. The summed E-state index contributed by atoms with van der Waals surface area (Å²) < 4.78 is 0. The van der Waals surface area contributed by atoms with Gasteiger partial charge in [0.05, 0.1) is 0 Å². The average molecular weight is 127 g/mol. The Labute approximate surface area is 57.8 Å². The highest BCUT2D eigenvalue weighted by Crippen LogP contribution is 2.19. The third kappa shape index (κ3) is 1.68. The Bertz CT molecular complexity index is 76.6. The highest BCUT2D eigenvalue weighted by molar-refractivity contribution is 4.78. The molecule has 1 aliphatic heterocycles. The molecule has 0 aromatic heterocycles. The standard InChI is InChI=1S/C8H17N/c1-3-4-7(2)8-5-9-6-8/h7-9H,3-6H2,1-2H3. The van der Waals surface area contributed by atoms with Crippen LogP contribution in [0.3, 0.4) is 0 Å². The van der Waals surface area contributed by atoms with E-state index in [4.69, 9.17) is 0 Å². The molecule has 0 aliphatic carbocycles. The molecule has 1 saturated heterocycles. The summed E-state index contributed by atoms with van der Waals surface area (Å²) in [5.41, 5.74) is 0. The molecule has 1 heterocycles. The van der Waals surface area contributed by atoms with Gasteiger partial charge in [-0.1, -0.05) is 26.7 Å². The third-order valence-corrected chi connectivity index (χ3v) is 2.36. The topological polar surface area (TPSA) is 12.0 Å². The first-order valence-corrected chi connectivity index (χ1v) is 4.05. The number of nitrogens with one attached hydrogen (secondary N) is 1. The average Bonchev–Trinajstić information content (AvgIpc) is 1.60. The molecule has 1 unspecified atom stereocenters. The van der Waals surface area contributed by atoms with E-state index in [1.165, 1.54) is 25.9 Å². The van der Waals surface area contributed by atoms with Gasteiger partial charge in [0.2, 0.25) is 0 Å². The molecular weight excluding hydrogens is 110 g/mol. The predicted octanol–water partition coefficient (Wildman–Crippen LogP) is 1.64. The van der Waals surface area contributed by atoms with Crippen LogP contribution in [0.2, 0.25) is 0 Å². The van der Waals surface area contributed by atoms with E-state index in [0.29, 0.717) is 0 Å². The number of rotatable bonds is 3. The molecule has 0 aromatic rings. The highest BCUT2D eigenvalue weighted by Gasteiger charge is 2.21. The van der Waals surface area contributed by atoms with Gasteiger partial charge in [0.1, 0.15) is 0 Å². The molecule has 1 atom stereocenters. The minimum Gasteiger partial charge on any atom is -0.316 e. The Morgan fingerprint density at radius 3 is 2.56 bits per heavy atom. The van der Waals surface area contributed by atoms with Gasteiger partial charge in [-0.25, -0.2) is 0 Å². The third-order valence-electron chi connectivity index (χ3n) is 2.36. The van der Waals surface area contributed by atoms with Gasteiger partial charge in [-0.2, -0.15) is 0 Å². The molecule has 54 valence electrons.